The zero-order valence-electron chi connectivity index (χ0n) is 11.7. The molecule has 0 aliphatic heterocycles. The van der Waals surface area contributed by atoms with E-state index < -0.39 is 0 Å². The van der Waals surface area contributed by atoms with Crippen molar-refractivity contribution in [2.45, 2.75) is 46.1 Å². The number of nitrogens with one attached hydrogen (secondary N) is 2. The van der Waals surface area contributed by atoms with Crippen molar-refractivity contribution in [1.82, 2.24) is 15.0 Å². The number of hydrogen-bond donors (Lipinski definition) is 2. The highest BCUT2D eigenvalue weighted by molar-refractivity contribution is 5.36. The second kappa shape index (κ2) is 7.68. The lowest BCUT2D eigenvalue weighted by molar-refractivity contribution is 0.379. The van der Waals surface area contributed by atoms with Crippen LogP contribution in [0.3, 0.4) is 0 Å². The van der Waals surface area contributed by atoms with E-state index in [-0.39, 0.29) is 0 Å². The molecule has 1 atom stereocenters. The van der Waals surface area contributed by atoms with Crippen molar-refractivity contribution in [2.75, 3.05) is 24.3 Å². The van der Waals surface area contributed by atoms with E-state index in [9.17, 15) is 0 Å². The zero-order chi connectivity index (χ0) is 13.4. The molecular formula is C12H23N5O. The van der Waals surface area contributed by atoms with Crippen LogP contribution in [-0.4, -0.2) is 34.6 Å². The van der Waals surface area contributed by atoms with E-state index in [0.29, 0.717) is 23.9 Å². The Balaban J connectivity index is 2.82. The quantitative estimate of drug-likeness (QED) is 0.740. The Morgan fingerprint density at radius 3 is 2.39 bits per heavy atom. The van der Waals surface area contributed by atoms with Crippen molar-refractivity contribution in [3.8, 4) is 6.01 Å². The summed E-state index contributed by atoms with van der Waals surface area (Å²) < 4.78 is 5.07. The van der Waals surface area contributed by atoms with Crippen LogP contribution in [0.25, 0.3) is 0 Å². The summed E-state index contributed by atoms with van der Waals surface area (Å²) in [6, 6.07) is 0.714. The summed E-state index contributed by atoms with van der Waals surface area (Å²) in [6.45, 7) is 7.08. The molecule has 0 bridgehead atoms. The van der Waals surface area contributed by atoms with Gasteiger partial charge >= 0.3 is 6.01 Å². The molecule has 6 heteroatoms. The third kappa shape index (κ3) is 4.35. The monoisotopic (exact) mass is 253 g/mol. The van der Waals surface area contributed by atoms with Crippen molar-refractivity contribution in [1.29, 1.82) is 0 Å². The van der Waals surface area contributed by atoms with Crippen LogP contribution >= 0.6 is 0 Å². The lowest BCUT2D eigenvalue weighted by Crippen LogP contribution is -2.20. The molecular weight excluding hydrogens is 230 g/mol. The number of hydrogen-bond acceptors (Lipinski definition) is 6. The van der Waals surface area contributed by atoms with E-state index in [1.54, 1.807) is 7.11 Å². The first kappa shape index (κ1) is 14.5. The van der Waals surface area contributed by atoms with Crippen LogP contribution in [0.1, 0.15) is 40.0 Å². The van der Waals surface area contributed by atoms with Gasteiger partial charge < -0.3 is 15.4 Å². The van der Waals surface area contributed by atoms with Gasteiger partial charge in [0.2, 0.25) is 11.9 Å². The second-order valence-electron chi connectivity index (χ2n) is 4.04. The molecule has 2 N–H and O–H groups in total. The van der Waals surface area contributed by atoms with Crippen LogP contribution < -0.4 is 15.4 Å². The highest BCUT2D eigenvalue weighted by Crippen LogP contribution is 2.13. The molecule has 0 aromatic carbocycles. The average Bonchev–Trinajstić information content (AvgIpc) is 2.38. The molecule has 6 nitrogen and oxygen atoms in total. The van der Waals surface area contributed by atoms with Gasteiger partial charge in [-0.2, -0.15) is 15.0 Å². The predicted molar refractivity (Wildman–Crippen MR) is 73.2 cm³/mol. The van der Waals surface area contributed by atoms with E-state index in [4.69, 9.17) is 4.74 Å². The molecule has 1 aromatic rings. The van der Waals surface area contributed by atoms with Gasteiger partial charge in [0.15, 0.2) is 0 Å². The highest BCUT2D eigenvalue weighted by atomic mass is 16.5. The Kier molecular flexibility index (Phi) is 6.18. The maximum absolute atomic E-state index is 5.07. The average molecular weight is 253 g/mol. The van der Waals surface area contributed by atoms with Gasteiger partial charge in [-0.05, 0) is 19.8 Å². The Labute approximate surface area is 109 Å². The van der Waals surface area contributed by atoms with Gasteiger partial charge in [0, 0.05) is 12.6 Å². The Hall–Kier alpha value is -1.59. The van der Waals surface area contributed by atoms with Gasteiger partial charge in [-0.1, -0.05) is 20.3 Å². The van der Waals surface area contributed by atoms with Crippen LogP contribution in [-0.2, 0) is 0 Å². The minimum absolute atomic E-state index is 0.329. The largest absolute Gasteiger partial charge is 0.467 e. The fourth-order valence-electron chi connectivity index (χ4n) is 1.66. The third-order valence-electron chi connectivity index (χ3n) is 2.60. The standard InChI is InChI=1S/C12H23N5O/c1-5-8-9(6-2)14-11-15-10(13-7-3)16-12(17-11)18-4/h9H,5-8H2,1-4H3,(H2,13,14,15,16,17). The van der Waals surface area contributed by atoms with Crippen molar-refractivity contribution in [2.24, 2.45) is 0 Å². The fraction of sp³-hybridized carbons (Fsp3) is 0.750. The minimum Gasteiger partial charge on any atom is -0.467 e. The van der Waals surface area contributed by atoms with Gasteiger partial charge in [-0.3, -0.25) is 0 Å². The molecule has 0 amide bonds. The first-order valence-corrected chi connectivity index (χ1v) is 6.53. The van der Waals surface area contributed by atoms with Crippen LogP contribution in [0, 0.1) is 0 Å². The van der Waals surface area contributed by atoms with Gasteiger partial charge in [-0.15, -0.1) is 0 Å². The van der Waals surface area contributed by atoms with Crippen molar-refractivity contribution in [3.63, 3.8) is 0 Å². The van der Waals surface area contributed by atoms with Crippen molar-refractivity contribution in [3.05, 3.63) is 0 Å². The summed E-state index contributed by atoms with van der Waals surface area (Å²) in [5, 5.41) is 6.38. The smallest absolute Gasteiger partial charge is 0.322 e. The molecule has 0 spiro atoms. The maximum atomic E-state index is 5.07. The molecule has 1 heterocycles. The Morgan fingerprint density at radius 2 is 1.83 bits per heavy atom. The van der Waals surface area contributed by atoms with Crippen molar-refractivity contribution < 1.29 is 4.74 Å². The van der Waals surface area contributed by atoms with E-state index in [1.807, 2.05) is 6.92 Å². The minimum atomic E-state index is 0.329. The molecule has 0 fully saturated rings. The molecule has 0 aliphatic rings. The van der Waals surface area contributed by atoms with E-state index >= 15 is 0 Å². The predicted octanol–water partition coefficient (Wildman–Crippen LogP) is 2.30. The molecule has 1 aromatic heterocycles. The van der Waals surface area contributed by atoms with Crippen LogP contribution in [0.15, 0.2) is 0 Å². The number of anilines is 2. The second-order valence-corrected chi connectivity index (χ2v) is 4.04. The molecule has 102 valence electrons. The zero-order valence-corrected chi connectivity index (χ0v) is 11.7. The van der Waals surface area contributed by atoms with Crippen LogP contribution in [0.5, 0.6) is 6.01 Å². The molecule has 0 radical (unpaired) electrons. The number of rotatable bonds is 8. The summed E-state index contributed by atoms with van der Waals surface area (Å²) in [5.41, 5.74) is 0. The fourth-order valence-corrected chi connectivity index (χ4v) is 1.66. The van der Waals surface area contributed by atoms with Gasteiger partial charge in [-0.25, -0.2) is 0 Å². The first-order chi connectivity index (χ1) is 8.73. The lowest BCUT2D eigenvalue weighted by Gasteiger charge is -2.16. The first-order valence-electron chi connectivity index (χ1n) is 6.53. The highest BCUT2D eigenvalue weighted by Gasteiger charge is 2.10. The van der Waals surface area contributed by atoms with Crippen LogP contribution in [0.2, 0.25) is 0 Å². The molecule has 0 aliphatic carbocycles. The normalized spacial score (nSPS) is 12.0. The van der Waals surface area contributed by atoms with E-state index in [1.165, 1.54) is 0 Å². The van der Waals surface area contributed by atoms with Crippen LogP contribution in [0.4, 0.5) is 11.9 Å². The molecule has 1 unspecified atom stereocenters. The van der Waals surface area contributed by atoms with Gasteiger partial charge in [0.25, 0.3) is 0 Å². The summed E-state index contributed by atoms with van der Waals surface area (Å²) in [6.07, 6.45) is 3.27. The summed E-state index contributed by atoms with van der Waals surface area (Å²) >= 11 is 0. The SMILES string of the molecule is CCCC(CC)Nc1nc(NCC)nc(OC)n1. The van der Waals surface area contributed by atoms with E-state index in [2.05, 4.69) is 39.4 Å². The molecule has 0 saturated carbocycles. The third-order valence-corrected chi connectivity index (χ3v) is 2.60. The Morgan fingerprint density at radius 1 is 1.11 bits per heavy atom. The molecule has 0 saturated heterocycles. The summed E-state index contributed by atoms with van der Waals surface area (Å²) in [5.74, 6) is 1.11. The number of ether oxygens (including phenoxy) is 1. The lowest BCUT2D eigenvalue weighted by atomic mass is 10.1. The maximum Gasteiger partial charge on any atom is 0.322 e. The van der Waals surface area contributed by atoms with E-state index in [0.717, 1.165) is 25.8 Å². The molecule has 18 heavy (non-hydrogen) atoms. The number of methoxy groups -OCH3 is 1. The number of aromatic nitrogens is 3. The van der Waals surface area contributed by atoms with Gasteiger partial charge in [0.1, 0.15) is 0 Å². The topological polar surface area (TPSA) is 72.0 Å². The molecule has 1 rings (SSSR count). The summed E-state index contributed by atoms with van der Waals surface area (Å²) in [4.78, 5) is 12.7. The number of nitrogens with zero attached hydrogens (tertiary/aromatic N) is 3. The Bertz CT molecular complexity index is 358. The van der Waals surface area contributed by atoms with Crippen molar-refractivity contribution >= 4 is 11.9 Å². The summed E-state index contributed by atoms with van der Waals surface area (Å²) in [7, 11) is 1.55. The van der Waals surface area contributed by atoms with Gasteiger partial charge in [0.05, 0.1) is 7.11 Å².